The van der Waals surface area contributed by atoms with Gasteiger partial charge in [0.2, 0.25) is 0 Å². The van der Waals surface area contributed by atoms with Gasteiger partial charge in [-0.15, -0.1) is 0 Å². The van der Waals surface area contributed by atoms with Crippen LogP contribution in [-0.4, -0.2) is 22.8 Å². The zero-order chi connectivity index (χ0) is 18.8. The molecule has 2 rings (SSSR count). The third-order valence-electron chi connectivity index (χ3n) is 3.69. The van der Waals surface area contributed by atoms with Crippen LogP contribution in [-0.2, 0) is 12.7 Å². The number of carbonyl (C=O) groups excluding carboxylic acids is 1. The SMILES string of the molecule is Cc1cc(C(=O)N(C)Cc2ccc(C(F)(F)F)cc2)ccc1[N+](=O)[O-]. The van der Waals surface area contributed by atoms with Gasteiger partial charge in [0.05, 0.1) is 10.5 Å². The number of amides is 1. The summed E-state index contributed by atoms with van der Waals surface area (Å²) >= 11 is 0. The molecule has 0 fully saturated rings. The van der Waals surface area contributed by atoms with Crippen molar-refractivity contribution in [1.82, 2.24) is 4.90 Å². The number of hydrogen-bond donors (Lipinski definition) is 0. The molecule has 2 aromatic rings. The van der Waals surface area contributed by atoms with Crippen molar-refractivity contribution in [3.63, 3.8) is 0 Å². The second kappa shape index (κ2) is 6.92. The number of carbonyl (C=O) groups is 1. The summed E-state index contributed by atoms with van der Waals surface area (Å²) in [6.45, 7) is 1.65. The molecule has 2 aromatic carbocycles. The lowest BCUT2D eigenvalue weighted by atomic mass is 10.1. The van der Waals surface area contributed by atoms with E-state index < -0.39 is 16.7 Å². The third kappa shape index (κ3) is 4.34. The van der Waals surface area contributed by atoms with Crippen LogP contribution in [0.5, 0.6) is 0 Å². The highest BCUT2D eigenvalue weighted by Gasteiger charge is 2.30. The first-order valence-electron chi connectivity index (χ1n) is 7.26. The predicted octanol–water partition coefficient (Wildman–Crippen LogP) is 4.19. The molecule has 0 radical (unpaired) electrons. The van der Waals surface area contributed by atoms with E-state index >= 15 is 0 Å². The van der Waals surface area contributed by atoms with Gasteiger partial charge in [-0.05, 0) is 36.8 Å². The number of benzene rings is 2. The monoisotopic (exact) mass is 352 g/mol. The Balaban J connectivity index is 2.12. The minimum absolute atomic E-state index is 0.0815. The Labute approximate surface area is 141 Å². The van der Waals surface area contributed by atoms with Crippen molar-refractivity contribution in [3.05, 3.63) is 74.8 Å². The Morgan fingerprint density at radius 3 is 2.24 bits per heavy atom. The van der Waals surface area contributed by atoms with E-state index in [-0.39, 0.29) is 23.7 Å². The normalized spacial score (nSPS) is 11.2. The zero-order valence-electron chi connectivity index (χ0n) is 13.5. The number of halogens is 3. The lowest BCUT2D eigenvalue weighted by molar-refractivity contribution is -0.385. The predicted molar refractivity (Wildman–Crippen MR) is 85.1 cm³/mol. The first-order chi connectivity index (χ1) is 11.6. The first-order valence-corrected chi connectivity index (χ1v) is 7.26. The lowest BCUT2D eigenvalue weighted by Gasteiger charge is -2.18. The molecule has 0 bridgehead atoms. The molecule has 132 valence electrons. The van der Waals surface area contributed by atoms with Crippen LogP contribution < -0.4 is 0 Å². The average Bonchev–Trinajstić information content (AvgIpc) is 2.53. The minimum atomic E-state index is -4.41. The molecule has 0 aliphatic heterocycles. The number of nitro benzene ring substituents is 1. The second-order valence-corrected chi connectivity index (χ2v) is 5.61. The van der Waals surface area contributed by atoms with E-state index in [4.69, 9.17) is 0 Å². The molecular weight excluding hydrogens is 337 g/mol. The smallest absolute Gasteiger partial charge is 0.337 e. The number of rotatable bonds is 4. The Morgan fingerprint density at radius 1 is 1.16 bits per heavy atom. The molecule has 0 spiro atoms. The Hall–Kier alpha value is -2.90. The van der Waals surface area contributed by atoms with Gasteiger partial charge in [-0.1, -0.05) is 12.1 Å². The maximum absolute atomic E-state index is 12.5. The second-order valence-electron chi connectivity index (χ2n) is 5.61. The molecule has 0 N–H and O–H groups in total. The molecule has 0 heterocycles. The Bertz CT molecular complexity index is 802. The molecule has 0 aromatic heterocycles. The van der Waals surface area contributed by atoms with Crippen LogP contribution in [0.4, 0.5) is 18.9 Å². The van der Waals surface area contributed by atoms with Gasteiger partial charge in [-0.3, -0.25) is 14.9 Å². The molecule has 8 heteroatoms. The molecule has 0 unspecified atom stereocenters. The van der Waals surface area contributed by atoms with Crippen LogP contribution in [0.25, 0.3) is 0 Å². The first kappa shape index (κ1) is 18.4. The molecule has 0 saturated carbocycles. The average molecular weight is 352 g/mol. The van der Waals surface area contributed by atoms with Gasteiger partial charge in [0, 0.05) is 30.8 Å². The number of nitro groups is 1. The largest absolute Gasteiger partial charge is 0.416 e. The summed E-state index contributed by atoms with van der Waals surface area (Å²) in [5.41, 5.74) is 0.344. The van der Waals surface area contributed by atoms with Crippen molar-refractivity contribution >= 4 is 11.6 Å². The molecule has 25 heavy (non-hydrogen) atoms. The Morgan fingerprint density at radius 2 is 1.76 bits per heavy atom. The molecule has 0 aliphatic carbocycles. The minimum Gasteiger partial charge on any atom is -0.337 e. The van der Waals surface area contributed by atoms with E-state index in [1.165, 1.54) is 49.2 Å². The van der Waals surface area contributed by atoms with Crippen LogP contribution >= 0.6 is 0 Å². The van der Waals surface area contributed by atoms with Crippen molar-refractivity contribution < 1.29 is 22.9 Å². The number of hydrogen-bond acceptors (Lipinski definition) is 3. The van der Waals surface area contributed by atoms with E-state index in [2.05, 4.69) is 0 Å². The van der Waals surface area contributed by atoms with E-state index in [1.807, 2.05) is 0 Å². The summed E-state index contributed by atoms with van der Waals surface area (Å²) in [6.07, 6.45) is -4.41. The summed E-state index contributed by atoms with van der Waals surface area (Å²) in [5, 5.41) is 10.8. The van der Waals surface area contributed by atoms with Crippen molar-refractivity contribution in [2.45, 2.75) is 19.6 Å². The fourth-order valence-electron chi connectivity index (χ4n) is 2.36. The van der Waals surface area contributed by atoms with Gasteiger partial charge in [0.25, 0.3) is 11.6 Å². The van der Waals surface area contributed by atoms with Crippen molar-refractivity contribution in [3.8, 4) is 0 Å². The molecule has 0 saturated heterocycles. The van der Waals surface area contributed by atoms with Crippen molar-refractivity contribution in [1.29, 1.82) is 0 Å². The van der Waals surface area contributed by atoms with Gasteiger partial charge in [0.15, 0.2) is 0 Å². The van der Waals surface area contributed by atoms with Crippen LogP contribution in [0.3, 0.4) is 0 Å². The number of alkyl halides is 3. The highest BCUT2D eigenvalue weighted by molar-refractivity contribution is 5.94. The van der Waals surface area contributed by atoms with Crippen LogP contribution in [0.2, 0.25) is 0 Å². The van der Waals surface area contributed by atoms with Gasteiger partial charge < -0.3 is 4.90 Å². The summed E-state index contributed by atoms with van der Waals surface area (Å²) in [7, 11) is 1.51. The van der Waals surface area contributed by atoms with Crippen LogP contribution in [0.1, 0.15) is 27.0 Å². The molecule has 1 amide bonds. The van der Waals surface area contributed by atoms with E-state index in [1.54, 1.807) is 0 Å². The van der Waals surface area contributed by atoms with Gasteiger partial charge in [-0.2, -0.15) is 13.2 Å². The molecule has 0 atom stereocenters. The van der Waals surface area contributed by atoms with Gasteiger partial charge >= 0.3 is 6.18 Å². The topological polar surface area (TPSA) is 63.5 Å². The van der Waals surface area contributed by atoms with Gasteiger partial charge in [0.1, 0.15) is 0 Å². The number of aryl methyl sites for hydroxylation is 1. The maximum Gasteiger partial charge on any atom is 0.416 e. The summed E-state index contributed by atoms with van der Waals surface area (Å²) in [6, 6.07) is 8.59. The fraction of sp³-hybridized carbons (Fsp3) is 0.235. The molecule has 0 aliphatic rings. The standard InChI is InChI=1S/C17H15F3N2O3/c1-11-9-13(5-8-15(11)22(24)25)16(23)21(2)10-12-3-6-14(7-4-12)17(18,19)20/h3-9H,10H2,1-2H3. The fourth-order valence-corrected chi connectivity index (χ4v) is 2.36. The quantitative estimate of drug-likeness (QED) is 0.612. The van der Waals surface area contributed by atoms with E-state index in [9.17, 15) is 28.1 Å². The Kier molecular flexibility index (Phi) is 5.10. The highest BCUT2D eigenvalue weighted by Crippen LogP contribution is 2.29. The molecule has 5 nitrogen and oxygen atoms in total. The van der Waals surface area contributed by atoms with Crippen LogP contribution in [0, 0.1) is 17.0 Å². The summed E-state index contributed by atoms with van der Waals surface area (Å²) < 4.78 is 37.6. The lowest BCUT2D eigenvalue weighted by Crippen LogP contribution is -2.26. The summed E-state index contributed by atoms with van der Waals surface area (Å²) in [4.78, 5) is 24.0. The van der Waals surface area contributed by atoms with Gasteiger partial charge in [-0.25, -0.2) is 0 Å². The number of nitrogens with zero attached hydrogens (tertiary/aromatic N) is 2. The zero-order valence-corrected chi connectivity index (χ0v) is 13.5. The van der Waals surface area contributed by atoms with E-state index in [0.29, 0.717) is 11.1 Å². The van der Waals surface area contributed by atoms with Crippen molar-refractivity contribution in [2.24, 2.45) is 0 Å². The van der Waals surface area contributed by atoms with E-state index in [0.717, 1.165) is 12.1 Å². The van der Waals surface area contributed by atoms with Crippen molar-refractivity contribution in [2.75, 3.05) is 7.05 Å². The highest BCUT2D eigenvalue weighted by atomic mass is 19.4. The summed E-state index contributed by atoms with van der Waals surface area (Å²) in [5.74, 6) is -0.377. The third-order valence-corrected chi connectivity index (χ3v) is 3.69. The maximum atomic E-state index is 12.5. The van der Waals surface area contributed by atoms with Crippen LogP contribution in [0.15, 0.2) is 42.5 Å². The molecular formula is C17H15F3N2O3.